The van der Waals surface area contributed by atoms with Crippen molar-refractivity contribution in [3.63, 3.8) is 0 Å². The topological polar surface area (TPSA) is 89.3 Å². The summed E-state index contributed by atoms with van der Waals surface area (Å²) in [4.78, 5) is 12.9. The highest BCUT2D eigenvalue weighted by Gasteiger charge is 2.43. The number of carbonyl (C=O) groups is 1. The smallest absolute Gasteiger partial charge is 0.205 e. The average Bonchev–Trinajstić information content (AvgIpc) is 2.85. The number of hydrogen-bond donors (Lipinski definition) is 1. The Morgan fingerprint density at radius 2 is 2.16 bits per heavy atom. The van der Waals surface area contributed by atoms with E-state index in [2.05, 4.69) is 6.07 Å². The Hall–Kier alpha value is -2.13. The van der Waals surface area contributed by atoms with Crippen molar-refractivity contribution in [2.24, 2.45) is 11.1 Å². The number of nitrogens with two attached hydrogens (primary N) is 1. The van der Waals surface area contributed by atoms with Crippen molar-refractivity contribution in [2.75, 3.05) is 5.75 Å². The van der Waals surface area contributed by atoms with Gasteiger partial charge in [0.1, 0.15) is 23.2 Å². The minimum absolute atomic E-state index is 0.0156. The van der Waals surface area contributed by atoms with Crippen LogP contribution in [0.4, 0.5) is 0 Å². The molecule has 2 aliphatic rings. The molecule has 1 aromatic heterocycles. The number of Topliss-reactive ketones (excluding diaryl/α,β-unsaturated/α-hetero) is 1. The van der Waals surface area contributed by atoms with Gasteiger partial charge in [-0.2, -0.15) is 5.26 Å². The van der Waals surface area contributed by atoms with Gasteiger partial charge in [0, 0.05) is 24.0 Å². The molecule has 0 fully saturated rings. The molecule has 0 saturated heterocycles. The number of aryl methyl sites for hydroxylation is 1. The van der Waals surface area contributed by atoms with Gasteiger partial charge in [0.25, 0.3) is 0 Å². The molecule has 0 unspecified atom stereocenters. The number of ketones is 1. The predicted molar refractivity (Wildman–Crippen MR) is 95.5 cm³/mol. The van der Waals surface area contributed by atoms with Crippen LogP contribution in [0.1, 0.15) is 50.9 Å². The maximum atomic E-state index is 12.9. The highest BCUT2D eigenvalue weighted by molar-refractivity contribution is 7.99. The van der Waals surface area contributed by atoms with E-state index < -0.39 is 5.92 Å². The SMILES string of the molecule is CCSc1cc([C@H]2C(C#N)=C(N)OC3=C2C(=O)CC(C)(C)C3)c(C)o1. The number of thioether (sulfide) groups is 1. The van der Waals surface area contributed by atoms with Crippen LogP contribution in [0.15, 0.2) is 38.4 Å². The first-order valence-electron chi connectivity index (χ1n) is 8.34. The van der Waals surface area contributed by atoms with Crippen LogP contribution in [0.25, 0.3) is 0 Å². The second-order valence-corrected chi connectivity index (χ2v) is 8.48. The summed E-state index contributed by atoms with van der Waals surface area (Å²) in [5.74, 6) is 1.77. The van der Waals surface area contributed by atoms with Gasteiger partial charge in [-0.3, -0.25) is 4.79 Å². The number of hydrogen-bond acceptors (Lipinski definition) is 6. The van der Waals surface area contributed by atoms with Gasteiger partial charge in [-0.25, -0.2) is 0 Å². The molecule has 1 aromatic rings. The molecule has 1 aliphatic heterocycles. The Balaban J connectivity index is 2.16. The third-order valence-corrected chi connectivity index (χ3v) is 5.38. The van der Waals surface area contributed by atoms with E-state index in [1.54, 1.807) is 11.8 Å². The van der Waals surface area contributed by atoms with Crippen molar-refractivity contribution in [1.29, 1.82) is 5.26 Å². The second kappa shape index (κ2) is 6.30. The lowest BCUT2D eigenvalue weighted by atomic mass is 9.70. The minimum atomic E-state index is -0.507. The number of rotatable bonds is 3. The van der Waals surface area contributed by atoms with E-state index in [1.165, 1.54) is 0 Å². The summed E-state index contributed by atoms with van der Waals surface area (Å²) in [6.07, 6.45) is 1.05. The van der Waals surface area contributed by atoms with Gasteiger partial charge in [0.2, 0.25) is 5.88 Å². The molecule has 0 bridgehead atoms. The van der Waals surface area contributed by atoms with Crippen LogP contribution in [0, 0.1) is 23.7 Å². The minimum Gasteiger partial charge on any atom is -0.455 e. The predicted octanol–water partition coefficient (Wildman–Crippen LogP) is 4.15. The average molecular weight is 358 g/mol. The first-order chi connectivity index (χ1) is 11.8. The van der Waals surface area contributed by atoms with Crippen molar-refractivity contribution in [1.82, 2.24) is 0 Å². The van der Waals surface area contributed by atoms with E-state index in [1.807, 2.05) is 33.8 Å². The number of nitriles is 1. The van der Waals surface area contributed by atoms with Crippen LogP contribution in [0.2, 0.25) is 0 Å². The Morgan fingerprint density at radius 1 is 1.44 bits per heavy atom. The van der Waals surface area contributed by atoms with E-state index in [4.69, 9.17) is 14.9 Å². The van der Waals surface area contributed by atoms with E-state index >= 15 is 0 Å². The summed E-state index contributed by atoms with van der Waals surface area (Å²) in [6.45, 7) is 7.97. The van der Waals surface area contributed by atoms with Crippen molar-refractivity contribution in [3.8, 4) is 6.07 Å². The Morgan fingerprint density at radius 3 is 2.80 bits per heavy atom. The lowest BCUT2D eigenvalue weighted by Crippen LogP contribution is -2.33. The van der Waals surface area contributed by atoms with E-state index in [9.17, 15) is 10.1 Å². The molecule has 3 rings (SSSR count). The molecule has 0 radical (unpaired) electrons. The van der Waals surface area contributed by atoms with Gasteiger partial charge in [-0.15, -0.1) is 0 Å². The summed E-state index contributed by atoms with van der Waals surface area (Å²) in [7, 11) is 0. The lowest BCUT2D eigenvalue weighted by Gasteiger charge is -2.37. The Labute approximate surface area is 151 Å². The largest absolute Gasteiger partial charge is 0.455 e. The fraction of sp³-hybridized carbons (Fsp3) is 0.474. The van der Waals surface area contributed by atoms with E-state index in [-0.39, 0.29) is 22.7 Å². The van der Waals surface area contributed by atoms with Crippen molar-refractivity contribution in [2.45, 2.75) is 51.5 Å². The molecule has 5 nitrogen and oxygen atoms in total. The second-order valence-electron chi connectivity index (χ2n) is 7.21. The number of carbonyl (C=O) groups excluding carboxylic acids is 1. The highest BCUT2D eigenvalue weighted by atomic mass is 32.2. The molecule has 2 N–H and O–H groups in total. The number of ether oxygens (including phenoxy) is 1. The quantitative estimate of drug-likeness (QED) is 0.816. The molecule has 1 atom stereocenters. The van der Waals surface area contributed by atoms with Crippen molar-refractivity contribution in [3.05, 3.63) is 40.2 Å². The van der Waals surface area contributed by atoms with Crippen LogP contribution >= 0.6 is 11.8 Å². The molecular weight excluding hydrogens is 336 g/mol. The molecule has 25 heavy (non-hydrogen) atoms. The normalized spacial score (nSPS) is 22.5. The molecule has 0 aromatic carbocycles. The molecule has 1 aliphatic carbocycles. The number of allylic oxidation sites excluding steroid dienone is 3. The lowest BCUT2D eigenvalue weighted by molar-refractivity contribution is -0.119. The zero-order chi connectivity index (χ0) is 18.4. The molecule has 2 heterocycles. The summed E-state index contributed by atoms with van der Waals surface area (Å²) in [5.41, 5.74) is 7.50. The molecule has 0 amide bonds. The third kappa shape index (κ3) is 3.09. The van der Waals surface area contributed by atoms with Crippen LogP contribution in [-0.2, 0) is 9.53 Å². The third-order valence-electron chi connectivity index (χ3n) is 4.61. The molecular formula is C19H22N2O3S. The summed E-state index contributed by atoms with van der Waals surface area (Å²) < 4.78 is 11.5. The van der Waals surface area contributed by atoms with Gasteiger partial charge in [0.05, 0.1) is 5.92 Å². The highest BCUT2D eigenvalue weighted by Crippen LogP contribution is 2.49. The van der Waals surface area contributed by atoms with Gasteiger partial charge < -0.3 is 14.9 Å². The fourth-order valence-corrected chi connectivity index (χ4v) is 4.24. The maximum Gasteiger partial charge on any atom is 0.205 e. The summed E-state index contributed by atoms with van der Waals surface area (Å²) in [6, 6.07) is 4.06. The van der Waals surface area contributed by atoms with Gasteiger partial charge in [0.15, 0.2) is 10.9 Å². The first-order valence-corrected chi connectivity index (χ1v) is 9.33. The van der Waals surface area contributed by atoms with Gasteiger partial charge in [-0.1, -0.05) is 32.5 Å². The number of nitrogens with zero attached hydrogens (tertiary/aromatic N) is 1. The monoisotopic (exact) mass is 358 g/mol. The maximum absolute atomic E-state index is 12.9. The fourth-order valence-electron chi connectivity index (χ4n) is 3.56. The van der Waals surface area contributed by atoms with Crippen LogP contribution in [0.3, 0.4) is 0 Å². The molecule has 6 heteroatoms. The van der Waals surface area contributed by atoms with Crippen LogP contribution < -0.4 is 5.73 Å². The van der Waals surface area contributed by atoms with Crippen molar-refractivity contribution < 1.29 is 13.9 Å². The Bertz CT molecular complexity index is 839. The summed E-state index contributed by atoms with van der Waals surface area (Å²) >= 11 is 1.58. The zero-order valence-corrected chi connectivity index (χ0v) is 15.8. The Kier molecular flexibility index (Phi) is 4.46. The van der Waals surface area contributed by atoms with E-state index in [0.29, 0.717) is 29.9 Å². The summed E-state index contributed by atoms with van der Waals surface area (Å²) in [5, 5.41) is 10.4. The van der Waals surface area contributed by atoms with Gasteiger partial charge >= 0.3 is 0 Å². The van der Waals surface area contributed by atoms with E-state index in [0.717, 1.165) is 16.4 Å². The standard InChI is InChI=1S/C19H22N2O3S/c1-5-25-15-6-11(10(2)23-15)16-12(9-20)18(21)24-14-8-19(3,4)7-13(22)17(14)16/h6,16H,5,7-8,21H2,1-4H3/t16-/m0/s1. The van der Waals surface area contributed by atoms with Crippen LogP contribution in [-0.4, -0.2) is 11.5 Å². The van der Waals surface area contributed by atoms with Crippen molar-refractivity contribution >= 4 is 17.5 Å². The molecule has 132 valence electrons. The van der Waals surface area contributed by atoms with Gasteiger partial charge in [-0.05, 0) is 24.2 Å². The van der Waals surface area contributed by atoms with Crippen LogP contribution in [0.5, 0.6) is 0 Å². The molecule has 0 saturated carbocycles. The molecule has 0 spiro atoms. The zero-order valence-electron chi connectivity index (χ0n) is 14.9. The number of furan rings is 1. The first kappa shape index (κ1) is 17.7.